The zero-order valence-corrected chi connectivity index (χ0v) is 15.9. The number of nitrogens with one attached hydrogen (secondary N) is 1. The molecule has 2 aromatic carbocycles. The van der Waals surface area contributed by atoms with Crippen molar-refractivity contribution in [2.45, 2.75) is 18.4 Å². The molecule has 2 atom stereocenters. The fraction of sp³-hybridized carbons (Fsp3) is 0.381. The SMILES string of the molecule is COc1ccc(C2CN(C)CCC2NC(=O)c2ccc(F)cc2)cc1OC. The van der Waals surface area contributed by atoms with Crippen LogP contribution in [-0.4, -0.2) is 51.2 Å². The Kier molecular flexibility index (Phi) is 5.96. The molecule has 0 saturated carbocycles. The van der Waals surface area contributed by atoms with Gasteiger partial charge in [0.25, 0.3) is 5.91 Å². The van der Waals surface area contributed by atoms with Gasteiger partial charge in [-0.05, 0) is 62.0 Å². The molecule has 5 nitrogen and oxygen atoms in total. The lowest BCUT2D eigenvalue weighted by atomic mass is 9.85. The molecule has 0 radical (unpaired) electrons. The fourth-order valence-electron chi connectivity index (χ4n) is 3.56. The Bertz CT molecular complexity index is 795. The first-order valence-corrected chi connectivity index (χ1v) is 8.98. The summed E-state index contributed by atoms with van der Waals surface area (Å²) in [5, 5.41) is 3.13. The van der Waals surface area contributed by atoms with Gasteiger partial charge in [-0.2, -0.15) is 0 Å². The number of hydrogen-bond donors (Lipinski definition) is 1. The molecule has 27 heavy (non-hydrogen) atoms. The molecule has 0 spiro atoms. The standard InChI is InChI=1S/C21H25FN2O3/c1-24-11-10-18(23-21(25)14-4-7-16(22)8-5-14)17(13-24)15-6-9-19(26-2)20(12-15)27-3/h4-9,12,17-18H,10-11,13H2,1-3H3,(H,23,25). The maximum absolute atomic E-state index is 13.1. The highest BCUT2D eigenvalue weighted by molar-refractivity contribution is 5.94. The molecule has 144 valence electrons. The van der Waals surface area contributed by atoms with E-state index in [9.17, 15) is 9.18 Å². The maximum Gasteiger partial charge on any atom is 0.251 e. The molecular weight excluding hydrogens is 347 g/mol. The summed E-state index contributed by atoms with van der Waals surface area (Å²) in [6.07, 6.45) is 0.836. The zero-order valence-electron chi connectivity index (χ0n) is 15.9. The van der Waals surface area contributed by atoms with Crippen LogP contribution in [0, 0.1) is 5.82 Å². The molecule has 6 heteroatoms. The highest BCUT2D eigenvalue weighted by atomic mass is 19.1. The molecule has 1 amide bonds. The minimum atomic E-state index is -0.353. The Hall–Kier alpha value is -2.60. The number of hydrogen-bond acceptors (Lipinski definition) is 4. The molecule has 1 N–H and O–H groups in total. The monoisotopic (exact) mass is 372 g/mol. The van der Waals surface area contributed by atoms with Crippen molar-refractivity contribution in [3.63, 3.8) is 0 Å². The number of carbonyl (C=O) groups excluding carboxylic acids is 1. The van der Waals surface area contributed by atoms with Gasteiger partial charge < -0.3 is 19.7 Å². The third kappa shape index (κ3) is 4.39. The topological polar surface area (TPSA) is 50.8 Å². The van der Waals surface area contributed by atoms with E-state index >= 15 is 0 Å². The quantitative estimate of drug-likeness (QED) is 0.876. The van der Waals surface area contributed by atoms with E-state index in [4.69, 9.17) is 9.47 Å². The van der Waals surface area contributed by atoms with Gasteiger partial charge in [0.15, 0.2) is 11.5 Å². The summed E-state index contributed by atoms with van der Waals surface area (Å²) in [6, 6.07) is 11.5. The number of benzene rings is 2. The third-order valence-electron chi connectivity index (χ3n) is 5.07. The molecule has 3 rings (SSSR count). The van der Waals surface area contributed by atoms with E-state index in [1.807, 2.05) is 18.2 Å². The summed E-state index contributed by atoms with van der Waals surface area (Å²) in [4.78, 5) is 14.9. The molecule has 1 saturated heterocycles. The van der Waals surface area contributed by atoms with E-state index < -0.39 is 0 Å². The Labute approximate surface area is 159 Å². The molecule has 1 aliphatic heterocycles. The van der Waals surface area contributed by atoms with E-state index in [0.29, 0.717) is 17.1 Å². The second-order valence-electron chi connectivity index (χ2n) is 6.86. The Morgan fingerprint density at radius 2 is 1.81 bits per heavy atom. The average Bonchev–Trinajstić information content (AvgIpc) is 2.69. The van der Waals surface area contributed by atoms with Gasteiger partial charge in [0.2, 0.25) is 0 Å². The first-order valence-electron chi connectivity index (χ1n) is 8.98. The largest absolute Gasteiger partial charge is 0.493 e. The lowest BCUT2D eigenvalue weighted by molar-refractivity contribution is 0.0904. The van der Waals surface area contributed by atoms with Crippen molar-refractivity contribution in [2.75, 3.05) is 34.4 Å². The average molecular weight is 372 g/mol. The number of piperidine rings is 1. The van der Waals surface area contributed by atoms with Crippen LogP contribution < -0.4 is 14.8 Å². The molecule has 2 aromatic rings. The number of ether oxygens (including phenoxy) is 2. The number of likely N-dealkylation sites (tertiary alicyclic amines) is 1. The van der Waals surface area contributed by atoms with Gasteiger partial charge in [0.05, 0.1) is 14.2 Å². The highest BCUT2D eigenvalue weighted by Gasteiger charge is 2.31. The van der Waals surface area contributed by atoms with Crippen LogP contribution in [0.1, 0.15) is 28.3 Å². The third-order valence-corrected chi connectivity index (χ3v) is 5.07. The van der Waals surface area contributed by atoms with E-state index in [1.54, 1.807) is 14.2 Å². The van der Waals surface area contributed by atoms with Gasteiger partial charge >= 0.3 is 0 Å². The smallest absolute Gasteiger partial charge is 0.251 e. The number of methoxy groups -OCH3 is 2. The van der Waals surface area contributed by atoms with Crippen LogP contribution in [0.5, 0.6) is 11.5 Å². The van der Waals surface area contributed by atoms with Crippen molar-refractivity contribution in [1.82, 2.24) is 10.2 Å². The van der Waals surface area contributed by atoms with E-state index in [2.05, 4.69) is 17.3 Å². The van der Waals surface area contributed by atoms with Crippen molar-refractivity contribution in [3.05, 3.63) is 59.4 Å². The van der Waals surface area contributed by atoms with Crippen LogP contribution in [0.4, 0.5) is 4.39 Å². The summed E-state index contributed by atoms with van der Waals surface area (Å²) in [5.74, 6) is 0.932. The molecular formula is C21H25FN2O3. The Morgan fingerprint density at radius 3 is 2.48 bits per heavy atom. The summed E-state index contributed by atoms with van der Waals surface area (Å²) < 4.78 is 23.9. The Balaban J connectivity index is 1.83. The molecule has 0 bridgehead atoms. The molecule has 1 fully saturated rings. The lowest BCUT2D eigenvalue weighted by Gasteiger charge is -2.37. The van der Waals surface area contributed by atoms with E-state index in [1.165, 1.54) is 24.3 Å². The van der Waals surface area contributed by atoms with Crippen molar-refractivity contribution < 1.29 is 18.7 Å². The van der Waals surface area contributed by atoms with E-state index in [-0.39, 0.29) is 23.7 Å². The van der Waals surface area contributed by atoms with Crippen molar-refractivity contribution >= 4 is 5.91 Å². The number of carbonyl (C=O) groups is 1. The van der Waals surface area contributed by atoms with Crippen LogP contribution >= 0.6 is 0 Å². The summed E-state index contributed by atoms with van der Waals surface area (Å²) >= 11 is 0. The molecule has 1 heterocycles. The van der Waals surface area contributed by atoms with Gasteiger partial charge in [-0.3, -0.25) is 4.79 Å². The first kappa shape index (κ1) is 19.2. The van der Waals surface area contributed by atoms with Crippen LogP contribution in [0.15, 0.2) is 42.5 Å². The number of rotatable bonds is 5. The summed E-state index contributed by atoms with van der Waals surface area (Å²) in [7, 11) is 5.30. The van der Waals surface area contributed by atoms with Crippen LogP contribution in [-0.2, 0) is 0 Å². The number of halogens is 1. The van der Waals surface area contributed by atoms with Crippen molar-refractivity contribution in [3.8, 4) is 11.5 Å². The van der Waals surface area contributed by atoms with Crippen LogP contribution in [0.3, 0.4) is 0 Å². The minimum absolute atomic E-state index is 0.0168. The number of nitrogens with zero attached hydrogens (tertiary/aromatic N) is 1. The summed E-state index contributed by atoms with van der Waals surface area (Å²) in [6.45, 7) is 1.72. The van der Waals surface area contributed by atoms with Gasteiger partial charge in [0, 0.05) is 24.1 Å². The Morgan fingerprint density at radius 1 is 1.11 bits per heavy atom. The van der Waals surface area contributed by atoms with Crippen LogP contribution in [0.25, 0.3) is 0 Å². The second kappa shape index (κ2) is 8.39. The van der Waals surface area contributed by atoms with Gasteiger partial charge in [-0.15, -0.1) is 0 Å². The van der Waals surface area contributed by atoms with E-state index in [0.717, 1.165) is 25.1 Å². The normalized spacial score (nSPS) is 20.1. The fourth-order valence-corrected chi connectivity index (χ4v) is 3.56. The maximum atomic E-state index is 13.1. The molecule has 1 aliphatic rings. The predicted molar refractivity (Wildman–Crippen MR) is 102 cm³/mol. The lowest BCUT2D eigenvalue weighted by Crippen LogP contribution is -2.48. The highest BCUT2D eigenvalue weighted by Crippen LogP contribution is 2.34. The van der Waals surface area contributed by atoms with Crippen LogP contribution in [0.2, 0.25) is 0 Å². The molecule has 2 unspecified atom stereocenters. The van der Waals surface area contributed by atoms with Gasteiger partial charge in [-0.1, -0.05) is 6.07 Å². The molecule has 0 aromatic heterocycles. The number of likely N-dealkylation sites (N-methyl/N-ethyl adjacent to an activating group) is 1. The predicted octanol–water partition coefficient (Wildman–Crippen LogP) is 3.06. The molecule has 0 aliphatic carbocycles. The first-order chi connectivity index (χ1) is 13.0. The summed E-state index contributed by atoms with van der Waals surface area (Å²) in [5.41, 5.74) is 1.55. The number of amides is 1. The zero-order chi connectivity index (χ0) is 19.4. The van der Waals surface area contributed by atoms with Gasteiger partial charge in [0.1, 0.15) is 5.82 Å². The minimum Gasteiger partial charge on any atom is -0.493 e. The van der Waals surface area contributed by atoms with Gasteiger partial charge in [-0.25, -0.2) is 4.39 Å². The van der Waals surface area contributed by atoms with Crippen molar-refractivity contribution in [2.24, 2.45) is 0 Å². The second-order valence-corrected chi connectivity index (χ2v) is 6.86. The van der Waals surface area contributed by atoms with Crippen molar-refractivity contribution in [1.29, 1.82) is 0 Å².